The van der Waals surface area contributed by atoms with Gasteiger partial charge in [-0.05, 0) is 43.6 Å². The highest BCUT2D eigenvalue weighted by Crippen LogP contribution is 2.27. The molecular weight excluding hydrogens is 408 g/mol. The van der Waals surface area contributed by atoms with Crippen molar-refractivity contribution in [2.24, 2.45) is 0 Å². The van der Waals surface area contributed by atoms with Crippen molar-refractivity contribution in [1.82, 2.24) is 25.2 Å². The summed E-state index contributed by atoms with van der Waals surface area (Å²) in [5.74, 6) is -0.643. The second-order valence-electron chi connectivity index (χ2n) is 6.85. The Labute approximate surface area is 173 Å². The number of hydrogen-bond donors (Lipinski definition) is 1. The zero-order valence-electron chi connectivity index (χ0n) is 15.2. The van der Waals surface area contributed by atoms with Gasteiger partial charge in [0.1, 0.15) is 11.9 Å². The maximum atomic E-state index is 13.4. The van der Waals surface area contributed by atoms with E-state index in [0.29, 0.717) is 25.4 Å². The zero-order chi connectivity index (χ0) is 18.8. The maximum Gasteiger partial charge on any atom is 0.276 e. The molecular formula is C18H22Cl2FN5O2. The summed E-state index contributed by atoms with van der Waals surface area (Å²) >= 11 is 5.87. The average molecular weight is 430 g/mol. The molecule has 28 heavy (non-hydrogen) atoms. The van der Waals surface area contributed by atoms with Crippen molar-refractivity contribution >= 4 is 29.9 Å². The zero-order valence-corrected chi connectivity index (χ0v) is 16.8. The van der Waals surface area contributed by atoms with E-state index in [2.05, 4.69) is 15.6 Å². The van der Waals surface area contributed by atoms with Crippen LogP contribution in [0.4, 0.5) is 4.39 Å². The molecule has 10 heteroatoms. The Balaban J connectivity index is 0.00000225. The lowest BCUT2D eigenvalue weighted by Crippen LogP contribution is -2.42. The summed E-state index contributed by atoms with van der Waals surface area (Å²) in [7, 11) is 0. The summed E-state index contributed by atoms with van der Waals surface area (Å²) in [6, 6.07) is 4.77. The minimum atomic E-state index is -0.473. The Hall–Kier alpha value is -1.74. The van der Waals surface area contributed by atoms with E-state index < -0.39 is 5.82 Å². The minimum Gasteiger partial charge on any atom is -0.370 e. The monoisotopic (exact) mass is 429 g/mol. The Morgan fingerprint density at radius 1 is 1.32 bits per heavy atom. The first-order chi connectivity index (χ1) is 13.1. The van der Waals surface area contributed by atoms with Crippen LogP contribution in [0.3, 0.4) is 0 Å². The van der Waals surface area contributed by atoms with Crippen LogP contribution in [0.15, 0.2) is 24.4 Å². The summed E-state index contributed by atoms with van der Waals surface area (Å²) in [4.78, 5) is 14.5. The van der Waals surface area contributed by atoms with Crippen LogP contribution in [0.2, 0.25) is 5.02 Å². The molecule has 0 saturated carbocycles. The lowest BCUT2D eigenvalue weighted by Gasteiger charge is -2.32. The van der Waals surface area contributed by atoms with Crippen molar-refractivity contribution in [2.45, 2.75) is 25.0 Å². The number of carbonyl (C=O) groups is 1. The number of nitrogens with zero attached hydrogens (tertiary/aromatic N) is 4. The fraction of sp³-hybridized carbons (Fsp3) is 0.500. The maximum absolute atomic E-state index is 13.4. The van der Waals surface area contributed by atoms with Gasteiger partial charge in [0.15, 0.2) is 5.69 Å². The van der Waals surface area contributed by atoms with Gasteiger partial charge in [-0.2, -0.15) is 0 Å². The predicted molar refractivity (Wildman–Crippen MR) is 104 cm³/mol. The fourth-order valence-corrected chi connectivity index (χ4v) is 3.72. The molecule has 1 N–H and O–H groups in total. The molecule has 3 heterocycles. The van der Waals surface area contributed by atoms with Gasteiger partial charge in [-0.15, -0.1) is 17.5 Å². The first-order valence-electron chi connectivity index (χ1n) is 9.10. The summed E-state index contributed by atoms with van der Waals surface area (Å²) in [5.41, 5.74) is 1.09. The third-order valence-electron chi connectivity index (χ3n) is 5.08. The van der Waals surface area contributed by atoms with Crippen LogP contribution >= 0.6 is 24.0 Å². The van der Waals surface area contributed by atoms with Crippen molar-refractivity contribution in [3.05, 3.63) is 46.5 Å². The highest BCUT2D eigenvalue weighted by molar-refractivity contribution is 6.30. The first-order valence-corrected chi connectivity index (χ1v) is 9.48. The smallest absolute Gasteiger partial charge is 0.276 e. The van der Waals surface area contributed by atoms with Gasteiger partial charge in [-0.3, -0.25) is 4.79 Å². The summed E-state index contributed by atoms with van der Waals surface area (Å²) in [5, 5.41) is 11.6. The fourth-order valence-electron chi connectivity index (χ4n) is 3.53. The van der Waals surface area contributed by atoms with Gasteiger partial charge in [-0.25, -0.2) is 9.07 Å². The number of rotatable bonds is 3. The van der Waals surface area contributed by atoms with Gasteiger partial charge >= 0.3 is 0 Å². The molecule has 7 nitrogen and oxygen atoms in total. The quantitative estimate of drug-likeness (QED) is 0.811. The second-order valence-corrected chi connectivity index (χ2v) is 7.26. The molecule has 0 aliphatic carbocycles. The average Bonchev–Trinajstić information content (AvgIpc) is 3.20. The summed E-state index contributed by atoms with van der Waals surface area (Å²) in [6.07, 6.45) is 3.34. The van der Waals surface area contributed by atoms with E-state index in [1.165, 1.54) is 6.07 Å². The highest BCUT2D eigenvalue weighted by atomic mass is 35.5. The summed E-state index contributed by atoms with van der Waals surface area (Å²) in [6.45, 7) is 3.12. The van der Waals surface area contributed by atoms with Gasteiger partial charge < -0.3 is 15.0 Å². The Bertz CT molecular complexity index is 828. The van der Waals surface area contributed by atoms with Crippen LogP contribution < -0.4 is 5.32 Å². The van der Waals surface area contributed by atoms with Gasteiger partial charge in [0.25, 0.3) is 5.91 Å². The van der Waals surface area contributed by atoms with Gasteiger partial charge in [-0.1, -0.05) is 22.9 Å². The molecule has 2 saturated heterocycles. The summed E-state index contributed by atoms with van der Waals surface area (Å²) < 4.78 is 20.9. The topological polar surface area (TPSA) is 72.3 Å². The van der Waals surface area contributed by atoms with Crippen LogP contribution in [-0.4, -0.2) is 58.6 Å². The van der Waals surface area contributed by atoms with Crippen LogP contribution in [-0.2, 0) is 4.74 Å². The van der Waals surface area contributed by atoms with E-state index in [1.807, 2.05) is 0 Å². The second kappa shape index (κ2) is 9.17. The molecule has 1 aromatic heterocycles. The number of piperidine rings is 1. The Morgan fingerprint density at radius 3 is 2.86 bits per heavy atom. The molecule has 2 aromatic rings. The van der Waals surface area contributed by atoms with Gasteiger partial charge in [0.05, 0.1) is 30.4 Å². The molecule has 2 aliphatic heterocycles. The van der Waals surface area contributed by atoms with Crippen molar-refractivity contribution in [1.29, 1.82) is 0 Å². The Morgan fingerprint density at radius 2 is 2.11 bits per heavy atom. The normalized spacial score (nSPS) is 20.6. The highest BCUT2D eigenvalue weighted by Gasteiger charge is 2.28. The lowest BCUT2D eigenvalue weighted by molar-refractivity contribution is -0.0230. The van der Waals surface area contributed by atoms with Crippen LogP contribution in [0.1, 0.15) is 41.0 Å². The molecule has 0 spiro atoms. The van der Waals surface area contributed by atoms with E-state index >= 15 is 0 Å². The van der Waals surface area contributed by atoms with Crippen molar-refractivity contribution in [3.8, 4) is 0 Å². The van der Waals surface area contributed by atoms with Crippen LogP contribution in [0.5, 0.6) is 0 Å². The minimum absolute atomic E-state index is 0. The number of ether oxygens (including phenoxy) is 1. The molecule has 0 bridgehead atoms. The van der Waals surface area contributed by atoms with Crippen LogP contribution in [0, 0.1) is 5.82 Å². The number of morpholine rings is 1. The van der Waals surface area contributed by atoms with Crippen LogP contribution in [0.25, 0.3) is 0 Å². The molecule has 2 fully saturated rings. The number of amides is 1. The number of hydrogen-bond acceptors (Lipinski definition) is 5. The molecule has 2 aliphatic rings. The lowest BCUT2D eigenvalue weighted by atomic mass is 10.1. The molecule has 1 amide bonds. The standard InChI is InChI=1S/C18H21ClFN5O2.ClH/c19-14-9-12(1-2-15(14)20)17-11-24(7-8-27-17)18(26)16-10-25(23-22-16)13-3-5-21-6-4-13;/h1-2,9-10,13,17,21H,3-8,11H2;1H. The van der Waals surface area contributed by atoms with Crippen molar-refractivity contribution in [3.63, 3.8) is 0 Å². The number of nitrogens with one attached hydrogen (secondary N) is 1. The number of aromatic nitrogens is 3. The van der Waals surface area contributed by atoms with Crippen molar-refractivity contribution < 1.29 is 13.9 Å². The van der Waals surface area contributed by atoms with E-state index in [4.69, 9.17) is 16.3 Å². The number of halogens is 3. The SMILES string of the molecule is Cl.O=C(c1cn(C2CCNCC2)nn1)N1CCOC(c2ccc(F)c(Cl)c2)C1. The van der Waals surface area contributed by atoms with E-state index in [-0.39, 0.29) is 35.5 Å². The molecule has 1 unspecified atom stereocenters. The number of carbonyl (C=O) groups excluding carboxylic acids is 1. The third-order valence-corrected chi connectivity index (χ3v) is 5.37. The third kappa shape index (κ3) is 4.46. The molecule has 4 rings (SSSR count). The van der Waals surface area contributed by atoms with E-state index in [0.717, 1.165) is 31.5 Å². The van der Waals surface area contributed by atoms with Gasteiger partial charge in [0, 0.05) is 6.54 Å². The largest absolute Gasteiger partial charge is 0.370 e. The van der Waals surface area contributed by atoms with E-state index in [9.17, 15) is 9.18 Å². The van der Waals surface area contributed by atoms with E-state index in [1.54, 1.807) is 27.9 Å². The first kappa shape index (κ1) is 21.0. The predicted octanol–water partition coefficient (Wildman–Crippen LogP) is 2.63. The van der Waals surface area contributed by atoms with Crippen molar-refractivity contribution in [2.75, 3.05) is 32.8 Å². The molecule has 1 aromatic carbocycles. The molecule has 0 radical (unpaired) electrons. The molecule has 152 valence electrons. The molecule has 1 atom stereocenters. The number of benzene rings is 1. The Kier molecular flexibility index (Phi) is 6.87. The van der Waals surface area contributed by atoms with Gasteiger partial charge in [0.2, 0.25) is 0 Å².